The summed E-state index contributed by atoms with van der Waals surface area (Å²) in [7, 11) is 1.78. The smallest absolute Gasteiger partial charge is 0.226 e. The molecule has 19 heavy (non-hydrogen) atoms. The molecule has 0 spiro atoms. The number of nitrogens with one attached hydrogen (secondary N) is 2. The van der Waals surface area contributed by atoms with Crippen LogP contribution in [0.1, 0.15) is 22.8 Å². The summed E-state index contributed by atoms with van der Waals surface area (Å²) in [5.74, 6) is 0.0806. The minimum absolute atomic E-state index is 0.0882. The Morgan fingerprint density at radius 2 is 2.37 bits per heavy atom. The standard InChI is InChI=1S/C13H12FN3OS/c1-15-13-17-12-11(19-13)9(6-10(18)16-12)7-3-2-4-8(14)5-7/h2-5,9H,6H2,1H3,(H,15,17)(H,16,18)/t9-/m1/s1. The van der Waals surface area contributed by atoms with E-state index in [-0.39, 0.29) is 17.6 Å². The van der Waals surface area contributed by atoms with Crippen LogP contribution in [0.2, 0.25) is 0 Å². The predicted octanol–water partition coefficient (Wildman–Crippen LogP) is 2.80. The third kappa shape index (κ3) is 2.19. The maximum absolute atomic E-state index is 13.3. The number of hydrogen-bond acceptors (Lipinski definition) is 4. The van der Waals surface area contributed by atoms with Gasteiger partial charge in [-0.05, 0) is 17.7 Å². The van der Waals surface area contributed by atoms with Gasteiger partial charge in [0.05, 0.1) is 4.88 Å². The van der Waals surface area contributed by atoms with E-state index in [1.54, 1.807) is 13.1 Å². The van der Waals surface area contributed by atoms with Gasteiger partial charge >= 0.3 is 0 Å². The SMILES string of the molecule is CNc1nc2c(s1)[C@@H](c1cccc(F)c1)CC(=O)N2. The first kappa shape index (κ1) is 12.1. The second-order valence-electron chi connectivity index (χ2n) is 4.34. The zero-order valence-corrected chi connectivity index (χ0v) is 11.1. The molecule has 6 heteroatoms. The molecule has 0 aliphatic carbocycles. The van der Waals surface area contributed by atoms with Gasteiger partial charge in [-0.3, -0.25) is 4.79 Å². The first-order valence-corrected chi connectivity index (χ1v) is 6.73. The number of benzene rings is 1. The predicted molar refractivity (Wildman–Crippen MR) is 73.2 cm³/mol. The molecule has 4 nitrogen and oxygen atoms in total. The largest absolute Gasteiger partial charge is 0.365 e. The molecule has 2 N–H and O–H groups in total. The number of anilines is 2. The van der Waals surface area contributed by atoms with Gasteiger partial charge in [-0.2, -0.15) is 0 Å². The van der Waals surface area contributed by atoms with Crippen LogP contribution >= 0.6 is 11.3 Å². The quantitative estimate of drug-likeness (QED) is 0.887. The van der Waals surface area contributed by atoms with E-state index in [0.717, 1.165) is 15.6 Å². The summed E-state index contributed by atoms with van der Waals surface area (Å²) in [6, 6.07) is 6.39. The Morgan fingerprint density at radius 3 is 3.11 bits per heavy atom. The van der Waals surface area contributed by atoms with Crippen LogP contribution in [0.4, 0.5) is 15.3 Å². The highest BCUT2D eigenvalue weighted by molar-refractivity contribution is 7.16. The summed E-state index contributed by atoms with van der Waals surface area (Å²) in [5.41, 5.74) is 0.808. The van der Waals surface area contributed by atoms with E-state index in [0.29, 0.717) is 12.2 Å². The Bertz CT molecular complexity index is 641. The fourth-order valence-corrected chi connectivity index (χ4v) is 3.22. The Hall–Kier alpha value is -1.95. The van der Waals surface area contributed by atoms with Crippen LogP contribution in [0, 0.1) is 5.82 Å². The van der Waals surface area contributed by atoms with Gasteiger partial charge in [-0.15, -0.1) is 0 Å². The minimum atomic E-state index is -0.289. The fraction of sp³-hybridized carbons (Fsp3) is 0.231. The summed E-state index contributed by atoms with van der Waals surface area (Å²) < 4.78 is 13.3. The van der Waals surface area contributed by atoms with Gasteiger partial charge in [0, 0.05) is 19.4 Å². The normalized spacial score (nSPS) is 17.8. The lowest BCUT2D eigenvalue weighted by molar-refractivity contribution is -0.116. The van der Waals surface area contributed by atoms with Crippen LogP contribution in [-0.2, 0) is 4.79 Å². The lowest BCUT2D eigenvalue weighted by Gasteiger charge is -2.21. The molecule has 1 aromatic carbocycles. The Balaban J connectivity index is 2.07. The maximum atomic E-state index is 13.3. The van der Waals surface area contributed by atoms with Crippen LogP contribution in [-0.4, -0.2) is 17.9 Å². The topological polar surface area (TPSA) is 54.0 Å². The van der Waals surface area contributed by atoms with Crippen molar-refractivity contribution in [1.82, 2.24) is 4.98 Å². The van der Waals surface area contributed by atoms with Gasteiger partial charge in [-0.25, -0.2) is 9.37 Å². The summed E-state index contributed by atoms with van der Waals surface area (Å²) in [5, 5.41) is 6.46. The molecule has 2 heterocycles. The highest BCUT2D eigenvalue weighted by Gasteiger charge is 2.30. The number of thiazole rings is 1. The molecule has 3 rings (SSSR count). The van der Waals surface area contributed by atoms with Crippen molar-refractivity contribution in [2.24, 2.45) is 0 Å². The number of carbonyl (C=O) groups is 1. The Kier molecular flexibility index (Phi) is 2.94. The minimum Gasteiger partial charge on any atom is -0.365 e. The second kappa shape index (κ2) is 4.62. The lowest BCUT2D eigenvalue weighted by Crippen LogP contribution is -2.22. The van der Waals surface area contributed by atoms with Gasteiger partial charge in [-0.1, -0.05) is 23.5 Å². The molecule has 1 atom stereocenters. The molecule has 0 bridgehead atoms. The van der Waals surface area contributed by atoms with E-state index in [9.17, 15) is 9.18 Å². The fourth-order valence-electron chi connectivity index (χ4n) is 2.22. The number of hydrogen-bond donors (Lipinski definition) is 2. The third-order valence-electron chi connectivity index (χ3n) is 3.08. The van der Waals surface area contributed by atoms with Gasteiger partial charge in [0.25, 0.3) is 0 Å². The van der Waals surface area contributed by atoms with Crippen molar-refractivity contribution in [3.05, 3.63) is 40.5 Å². The molecular weight excluding hydrogens is 265 g/mol. The van der Waals surface area contributed by atoms with Gasteiger partial charge in [0.1, 0.15) is 11.6 Å². The van der Waals surface area contributed by atoms with Crippen LogP contribution in [0.3, 0.4) is 0 Å². The lowest BCUT2D eigenvalue weighted by atomic mass is 9.91. The van der Waals surface area contributed by atoms with Gasteiger partial charge in [0.15, 0.2) is 5.13 Å². The number of rotatable bonds is 2. The van der Waals surface area contributed by atoms with Crippen LogP contribution in [0.15, 0.2) is 24.3 Å². The van der Waals surface area contributed by atoms with E-state index in [1.807, 2.05) is 6.07 Å². The number of halogens is 1. The number of aromatic nitrogens is 1. The molecular formula is C13H12FN3OS. The van der Waals surface area contributed by atoms with E-state index < -0.39 is 0 Å². The highest BCUT2D eigenvalue weighted by Crippen LogP contribution is 2.42. The van der Waals surface area contributed by atoms with E-state index in [1.165, 1.54) is 23.5 Å². The summed E-state index contributed by atoms with van der Waals surface area (Å²) in [4.78, 5) is 17.0. The van der Waals surface area contributed by atoms with Crippen molar-refractivity contribution in [2.75, 3.05) is 17.7 Å². The van der Waals surface area contributed by atoms with Crippen LogP contribution in [0.25, 0.3) is 0 Å². The summed E-state index contributed by atoms with van der Waals surface area (Å²) in [6.07, 6.45) is 0.321. The number of nitrogens with zero attached hydrogens (tertiary/aromatic N) is 1. The maximum Gasteiger partial charge on any atom is 0.226 e. The number of fused-ring (bicyclic) bond motifs is 1. The van der Waals surface area contributed by atoms with Crippen LogP contribution in [0.5, 0.6) is 0 Å². The van der Waals surface area contributed by atoms with Gasteiger partial charge in [0.2, 0.25) is 5.91 Å². The molecule has 1 aromatic heterocycles. The van der Waals surface area contributed by atoms with Crippen molar-refractivity contribution >= 4 is 28.2 Å². The monoisotopic (exact) mass is 277 g/mol. The molecule has 98 valence electrons. The van der Waals surface area contributed by atoms with Gasteiger partial charge < -0.3 is 10.6 Å². The van der Waals surface area contributed by atoms with Crippen molar-refractivity contribution in [2.45, 2.75) is 12.3 Å². The second-order valence-corrected chi connectivity index (χ2v) is 5.37. The van der Waals surface area contributed by atoms with E-state index >= 15 is 0 Å². The van der Waals surface area contributed by atoms with Crippen molar-refractivity contribution in [1.29, 1.82) is 0 Å². The Labute approximate surface area is 113 Å². The molecule has 0 radical (unpaired) electrons. The van der Waals surface area contributed by atoms with E-state index in [2.05, 4.69) is 15.6 Å². The first-order chi connectivity index (χ1) is 9.17. The van der Waals surface area contributed by atoms with Crippen molar-refractivity contribution in [3.8, 4) is 0 Å². The zero-order chi connectivity index (χ0) is 13.4. The molecule has 0 saturated carbocycles. The average Bonchev–Trinajstić information content (AvgIpc) is 2.80. The highest BCUT2D eigenvalue weighted by atomic mass is 32.1. The van der Waals surface area contributed by atoms with Crippen molar-refractivity contribution in [3.63, 3.8) is 0 Å². The van der Waals surface area contributed by atoms with Crippen molar-refractivity contribution < 1.29 is 9.18 Å². The Morgan fingerprint density at radius 1 is 1.53 bits per heavy atom. The first-order valence-electron chi connectivity index (χ1n) is 5.91. The zero-order valence-electron chi connectivity index (χ0n) is 10.2. The summed E-state index contributed by atoms with van der Waals surface area (Å²) >= 11 is 1.49. The molecule has 0 fully saturated rings. The molecule has 1 aliphatic rings. The molecule has 2 aromatic rings. The molecule has 1 amide bonds. The molecule has 0 saturated heterocycles. The number of carbonyl (C=O) groups excluding carboxylic acids is 1. The number of amides is 1. The third-order valence-corrected chi connectivity index (χ3v) is 4.27. The average molecular weight is 277 g/mol. The molecule has 1 aliphatic heterocycles. The van der Waals surface area contributed by atoms with E-state index in [4.69, 9.17) is 0 Å². The van der Waals surface area contributed by atoms with Crippen LogP contribution < -0.4 is 10.6 Å². The molecule has 0 unspecified atom stereocenters. The summed E-state index contributed by atoms with van der Waals surface area (Å²) in [6.45, 7) is 0.